The van der Waals surface area contributed by atoms with Crippen LogP contribution in [-0.2, 0) is 17.8 Å². The lowest BCUT2D eigenvalue weighted by atomic mass is 10.1. The Hall–Kier alpha value is -1.62. The molecule has 0 spiro atoms. The highest BCUT2D eigenvalue weighted by Gasteiger charge is 2.15. The topological polar surface area (TPSA) is 46.9 Å². The Morgan fingerprint density at radius 2 is 2.09 bits per heavy atom. The van der Waals surface area contributed by atoms with Crippen molar-refractivity contribution < 1.29 is 4.79 Å². The van der Waals surface area contributed by atoms with Gasteiger partial charge in [-0.3, -0.25) is 9.48 Å². The monoisotopic (exact) mass is 333 g/mol. The molecule has 0 saturated carbocycles. The summed E-state index contributed by atoms with van der Waals surface area (Å²) in [6.45, 7) is 11.5. The summed E-state index contributed by atoms with van der Waals surface area (Å²) < 4.78 is 2.07. The van der Waals surface area contributed by atoms with Crippen LogP contribution in [0.5, 0.6) is 0 Å². The Morgan fingerprint density at radius 1 is 1.35 bits per heavy atom. The Morgan fingerprint density at radius 3 is 2.70 bits per heavy atom. The molecule has 4 nitrogen and oxygen atoms in total. The minimum atomic E-state index is 0.0772. The minimum absolute atomic E-state index is 0.0772. The van der Waals surface area contributed by atoms with Gasteiger partial charge in [0.2, 0.25) is 5.91 Å². The van der Waals surface area contributed by atoms with Crippen LogP contribution < -0.4 is 5.32 Å². The highest BCUT2D eigenvalue weighted by Crippen LogP contribution is 2.19. The standard InChI is InChI=1S/C18H27N3OS/c1-12(2)11-21-15(5)16(13(3)20-21)8-9-18(22)19-14(4)17-7-6-10-23-17/h6-7,10,12,14H,8-9,11H2,1-5H3,(H,19,22). The molecule has 2 aromatic heterocycles. The fourth-order valence-electron chi connectivity index (χ4n) is 2.78. The molecule has 2 heterocycles. The third-order valence-electron chi connectivity index (χ3n) is 4.02. The zero-order valence-electron chi connectivity index (χ0n) is 14.7. The van der Waals surface area contributed by atoms with Crippen LogP contribution in [0.25, 0.3) is 0 Å². The second kappa shape index (κ2) is 7.77. The average molecular weight is 334 g/mol. The van der Waals surface area contributed by atoms with Crippen molar-refractivity contribution in [3.05, 3.63) is 39.3 Å². The lowest BCUT2D eigenvalue weighted by Gasteiger charge is -2.12. The summed E-state index contributed by atoms with van der Waals surface area (Å²) >= 11 is 1.67. The van der Waals surface area contributed by atoms with Crippen LogP contribution >= 0.6 is 11.3 Å². The first-order chi connectivity index (χ1) is 10.9. The lowest BCUT2D eigenvalue weighted by molar-refractivity contribution is -0.121. The van der Waals surface area contributed by atoms with Gasteiger partial charge in [-0.25, -0.2) is 0 Å². The third-order valence-corrected chi connectivity index (χ3v) is 5.07. The predicted octanol–water partition coefficient (Wildman–Crippen LogP) is 4.03. The van der Waals surface area contributed by atoms with Crippen molar-refractivity contribution >= 4 is 17.2 Å². The second-order valence-corrected chi connectivity index (χ2v) is 7.51. The van der Waals surface area contributed by atoms with Gasteiger partial charge in [-0.15, -0.1) is 11.3 Å². The van der Waals surface area contributed by atoms with E-state index in [1.54, 1.807) is 11.3 Å². The van der Waals surface area contributed by atoms with Crippen LogP contribution in [0.15, 0.2) is 17.5 Å². The fourth-order valence-corrected chi connectivity index (χ4v) is 3.51. The molecule has 1 unspecified atom stereocenters. The molecule has 0 aliphatic rings. The SMILES string of the molecule is Cc1nn(CC(C)C)c(C)c1CCC(=O)NC(C)c1cccs1. The molecule has 1 amide bonds. The van der Waals surface area contributed by atoms with E-state index >= 15 is 0 Å². The van der Waals surface area contributed by atoms with Crippen LogP contribution in [0, 0.1) is 19.8 Å². The van der Waals surface area contributed by atoms with E-state index in [2.05, 4.69) is 41.9 Å². The van der Waals surface area contributed by atoms with E-state index in [0.717, 1.165) is 18.7 Å². The largest absolute Gasteiger partial charge is 0.349 e. The number of carbonyl (C=O) groups is 1. The number of rotatable bonds is 7. The normalized spacial score (nSPS) is 12.6. The zero-order valence-corrected chi connectivity index (χ0v) is 15.5. The van der Waals surface area contributed by atoms with Crippen LogP contribution in [0.2, 0.25) is 0 Å². The quantitative estimate of drug-likeness (QED) is 0.831. The Labute approximate surface area is 142 Å². The van der Waals surface area contributed by atoms with Gasteiger partial charge in [-0.1, -0.05) is 19.9 Å². The second-order valence-electron chi connectivity index (χ2n) is 6.53. The molecule has 0 aliphatic heterocycles. The number of thiophene rings is 1. The van der Waals surface area contributed by atoms with Gasteiger partial charge in [0.25, 0.3) is 0 Å². The van der Waals surface area contributed by atoms with Crippen LogP contribution in [0.1, 0.15) is 55.1 Å². The van der Waals surface area contributed by atoms with Gasteiger partial charge in [0, 0.05) is 23.5 Å². The van der Waals surface area contributed by atoms with Crippen molar-refractivity contribution in [2.75, 3.05) is 0 Å². The summed E-state index contributed by atoms with van der Waals surface area (Å²) in [4.78, 5) is 13.4. The number of amides is 1. The zero-order chi connectivity index (χ0) is 17.0. The summed E-state index contributed by atoms with van der Waals surface area (Å²) in [5.74, 6) is 0.664. The third kappa shape index (κ3) is 4.67. The van der Waals surface area contributed by atoms with Crippen molar-refractivity contribution in [2.45, 2.75) is 60.0 Å². The molecular weight excluding hydrogens is 306 g/mol. The maximum absolute atomic E-state index is 12.2. The van der Waals surface area contributed by atoms with Crippen molar-refractivity contribution in [3.63, 3.8) is 0 Å². The van der Waals surface area contributed by atoms with Gasteiger partial charge >= 0.3 is 0 Å². The van der Waals surface area contributed by atoms with Gasteiger partial charge in [0.15, 0.2) is 0 Å². The molecular formula is C18H27N3OS. The number of hydrogen-bond acceptors (Lipinski definition) is 3. The van der Waals surface area contributed by atoms with E-state index < -0.39 is 0 Å². The van der Waals surface area contributed by atoms with Gasteiger partial charge in [-0.05, 0) is 50.1 Å². The lowest BCUT2D eigenvalue weighted by Crippen LogP contribution is -2.26. The summed E-state index contributed by atoms with van der Waals surface area (Å²) in [5.41, 5.74) is 3.45. The molecule has 0 radical (unpaired) electrons. The summed E-state index contributed by atoms with van der Waals surface area (Å²) in [6.07, 6.45) is 1.25. The molecule has 0 bridgehead atoms. The first-order valence-corrected chi connectivity index (χ1v) is 9.12. The maximum Gasteiger partial charge on any atom is 0.220 e. The van der Waals surface area contributed by atoms with E-state index in [-0.39, 0.29) is 11.9 Å². The Bertz CT molecular complexity index is 644. The van der Waals surface area contributed by atoms with Gasteiger partial charge in [-0.2, -0.15) is 5.10 Å². The van der Waals surface area contributed by atoms with E-state index in [1.807, 2.05) is 25.3 Å². The van der Waals surface area contributed by atoms with E-state index in [0.29, 0.717) is 12.3 Å². The van der Waals surface area contributed by atoms with E-state index in [1.165, 1.54) is 16.1 Å². The fraction of sp³-hybridized carbons (Fsp3) is 0.556. The van der Waals surface area contributed by atoms with Crippen LogP contribution in [0.4, 0.5) is 0 Å². The first kappa shape index (κ1) is 17.7. The predicted molar refractivity (Wildman–Crippen MR) is 95.7 cm³/mol. The maximum atomic E-state index is 12.2. The Kier molecular flexibility index (Phi) is 5.99. The highest BCUT2D eigenvalue weighted by atomic mass is 32.1. The van der Waals surface area contributed by atoms with Crippen LogP contribution in [0.3, 0.4) is 0 Å². The molecule has 23 heavy (non-hydrogen) atoms. The Balaban J connectivity index is 1.93. The number of aryl methyl sites for hydroxylation is 1. The number of aromatic nitrogens is 2. The molecule has 0 fully saturated rings. The minimum Gasteiger partial charge on any atom is -0.349 e. The number of hydrogen-bond donors (Lipinski definition) is 1. The van der Waals surface area contributed by atoms with Crippen LogP contribution in [-0.4, -0.2) is 15.7 Å². The number of carbonyl (C=O) groups excluding carboxylic acids is 1. The number of nitrogens with zero attached hydrogens (tertiary/aromatic N) is 2. The summed E-state index contributed by atoms with van der Waals surface area (Å²) in [7, 11) is 0. The molecule has 0 aromatic carbocycles. The summed E-state index contributed by atoms with van der Waals surface area (Å²) in [6, 6.07) is 4.14. The molecule has 0 saturated heterocycles. The smallest absolute Gasteiger partial charge is 0.220 e. The molecule has 0 aliphatic carbocycles. The van der Waals surface area contributed by atoms with Crippen molar-refractivity contribution in [2.24, 2.45) is 5.92 Å². The van der Waals surface area contributed by atoms with Gasteiger partial charge < -0.3 is 5.32 Å². The highest BCUT2D eigenvalue weighted by molar-refractivity contribution is 7.10. The van der Waals surface area contributed by atoms with E-state index in [4.69, 9.17) is 0 Å². The molecule has 2 aromatic rings. The first-order valence-electron chi connectivity index (χ1n) is 8.24. The molecule has 1 atom stereocenters. The van der Waals surface area contributed by atoms with Gasteiger partial charge in [0.1, 0.15) is 0 Å². The molecule has 1 N–H and O–H groups in total. The van der Waals surface area contributed by atoms with Crippen molar-refractivity contribution in [3.8, 4) is 0 Å². The molecule has 2 rings (SSSR count). The van der Waals surface area contributed by atoms with Gasteiger partial charge in [0.05, 0.1) is 11.7 Å². The number of nitrogens with one attached hydrogen (secondary N) is 1. The molecule has 5 heteroatoms. The van der Waals surface area contributed by atoms with Crippen molar-refractivity contribution in [1.82, 2.24) is 15.1 Å². The molecule has 126 valence electrons. The average Bonchev–Trinajstić information content (AvgIpc) is 3.07. The summed E-state index contributed by atoms with van der Waals surface area (Å²) in [5, 5.41) is 9.73. The van der Waals surface area contributed by atoms with E-state index in [9.17, 15) is 4.79 Å². The van der Waals surface area contributed by atoms with Crippen molar-refractivity contribution in [1.29, 1.82) is 0 Å².